The van der Waals surface area contributed by atoms with Gasteiger partial charge in [-0.15, -0.1) is 0 Å². The molecule has 7 heteroatoms. The molecule has 0 fully saturated rings. The molecule has 0 saturated heterocycles. The van der Waals surface area contributed by atoms with Gasteiger partial charge >= 0.3 is 0 Å². The van der Waals surface area contributed by atoms with Crippen molar-refractivity contribution in [2.75, 3.05) is 5.32 Å². The average molecular weight is 362 g/mol. The van der Waals surface area contributed by atoms with E-state index in [0.29, 0.717) is 15.1 Å². The minimum Gasteiger partial charge on any atom is -0.504 e. The van der Waals surface area contributed by atoms with Crippen molar-refractivity contribution < 1.29 is 9.90 Å². The van der Waals surface area contributed by atoms with Crippen LogP contribution < -0.4 is 5.32 Å². The maximum atomic E-state index is 12.0. The van der Waals surface area contributed by atoms with Gasteiger partial charge in [-0.05, 0) is 34.1 Å². The summed E-state index contributed by atoms with van der Waals surface area (Å²) in [5.74, 6) is -0.662. The van der Waals surface area contributed by atoms with E-state index in [9.17, 15) is 9.90 Å². The van der Waals surface area contributed by atoms with Gasteiger partial charge in [0.2, 0.25) is 0 Å². The number of hydrogen-bond donors (Lipinski definition) is 2. The largest absolute Gasteiger partial charge is 0.504 e. The molecule has 1 heterocycles. The molecule has 0 radical (unpaired) electrons. The zero-order valence-electron chi connectivity index (χ0n) is 9.32. The zero-order valence-corrected chi connectivity index (χ0v) is 12.4. The summed E-state index contributed by atoms with van der Waals surface area (Å²) in [6.45, 7) is 0. The highest BCUT2D eigenvalue weighted by Crippen LogP contribution is 2.35. The van der Waals surface area contributed by atoms with Crippen LogP contribution >= 0.6 is 39.1 Å². The van der Waals surface area contributed by atoms with E-state index >= 15 is 0 Å². The summed E-state index contributed by atoms with van der Waals surface area (Å²) in [4.78, 5) is 15.9. The molecule has 0 bridgehead atoms. The third-order valence-electron chi connectivity index (χ3n) is 2.24. The summed E-state index contributed by atoms with van der Waals surface area (Å²) in [6.07, 6.45) is 2.97. The number of pyridine rings is 1. The molecule has 19 heavy (non-hydrogen) atoms. The average Bonchev–Trinajstić information content (AvgIpc) is 2.35. The van der Waals surface area contributed by atoms with E-state index in [1.807, 2.05) is 0 Å². The number of rotatable bonds is 2. The quantitative estimate of drug-likeness (QED) is 0.791. The summed E-state index contributed by atoms with van der Waals surface area (Å²) in [6, 6.07) is 4.40. The number of nitrogens with zero attached hydrogens (tertiary/aromatic N) is 1. The van der Waals surface area contributed by atoms with Gasteiger partial charge in [0.1, 0.15) is 0 Å². The fraction of sp³-hybridized carbons (Fsp3) is 0. The Labute approximate surface area is 127 Å². The molecular formula is C12H7BrCl2N2O2. The highest BCUT2D eigenvalue weighted by atomic mass is 79.9. The molecule has 2 N–H and O–H groups in total. The lowest BCUT2D eigenvalue weighted by Gasteiger charge is -2.09. The number of benzene rings is 1. The predicted molar refractivity (Wildman–Crippen MR) is 78.0 cm³/mol. The normalized spacial score (nSPS) is 10.3. The van der Waals surface area contributed by atoms with Crippen LogP contribution in [-0.4, -0.2) is 16.0 Å². The first-order chi connectivity index (χ1) is 8.97. The number of aromatic nitrogens is 1. The molecule has 0 saturated carbocycles. The van der Waals surface area contributed by atoms with Crippen LogP contribution in [-0.2, 0) is 0 Å². The third-order valence-corrected chi connectivity index (χ3v) is 3.18. The second-order valence-corrected chi connectivity index (χ2v) is 5.39. The molecule has 1 aromatic heterocycles. The lowest BCUT2D eigenvalue weighted by atomic mass is 10.2. The highest BCUT2D eigenvalue weighted by Gasteiger charge is 2.13. The van der Waals surface area contributed by atoms with Gasteiger partial charge < -0.3 is 10.4 Å². The van der Waals surface area contributed by atoms with Gasteiger partial charge in [0.05, 0.1) is 16.3 Å². The Hall–Kier alpha value is -1.30. The summed E-state index contributed by atoms with van der Waals surface area (Å²) >= 11 is 14.8. The van der Waals surface area contributed by atoms with E-state index in [1.54, 1.807) is 12.3 Å². The zero-order chi connectivity index (χ0) is 14.0. The lowest BCUT2D eigenvalue weighted by Crippen LogP contribution is -2.12. The highest BCUT2D eigenvalue weighted by molar-refractivity contribution is 9.10. The summed E-state index contributed by atoms with van der Waals surface area (Å²) < 4.78 is 0.675. The van der Waals surface area contributed by atoms with Crippen molar-refractivity contribution in [3.05, 3.63) is 50.7 Å². The van der Waals surface area contributed by atoms with Crippen molar-refractivity contribution in [1.82, 2.24) is 4.98 Å². The molecular weight excluding hydrogens is 355 g/mol. The van der Waals surface area contributed by atoms with Gasteiger partial charge in [0.15, 0.2) is 5.75 Å². The van der Waals surface area contributed by atoms with Crippen molar-refractivity contribution in [1.29, 1.82) is 0 Å². The van der Waals surface area contributed by atoms with E-state index in [2.05, 4.69) is 26.2 Å². The topological polar surface area (TPSA) is 62.2 Å². The van der Waals surface area contributed by atoms with Crippen LogP contribution in [0.1, 0.15) is 10.4 Å². The molecule has 0 aliphatic rings. The minimum atomic E-state index is -0.428. The number of carbonyl (C=O) groups excluding carboxylic acids is 1. The molecule has 98 valence electrons. The van der Waals surface area contributed by atoms with Crippen LogP contribution in [0, 0.1) is 0 Å². The fourth-order valence-corrected chi connectivity index (χ4v) is 2.25. The molecule has 0 aliphatic carbocycles. The van der Waals surface area contributed by atoms with Crippen molar-refractivity contribution in [3.8, 4) is 5.75 Å². The molecule has 2 aromatic rings. The Morgan fingerprint density at radius 3 is 2.68 bits per heavy atom. The van der Waals surface area contributed by atoms with Crippen LogP contribution in [0.15, 0.2) is 35.1 Å². The molecule has 1 aromatic carbocycles. The summed E-state index contributed by atoms with van der Waals surface area (Å²) in [5, 5.41) is 12.6. The third kappa shape index (κ3) is 3.37. The first-order valence-electron chi connectivity index (χ1n) is 5.07. The second-order valence-electron chi connectivity index (χ2n) is 3.63. The molecule has 4 nitrogen and oxygen atoms in total. The number of amides is 1. The Kier molecular flexibility index (Phi) is 4.29. The Morgan fingerprint density at radius 2 is 2.00 bits per heavy atom. The first-order valence-corrected chi connectivity index (χ1v) is 6.62. The maximum Gasteiger partial charge on any atom is 0.257 e. The van der Waals surface area contributed by atoms with Gasteiger partial charge in [-0.3, -0.25) is 9.78 Å². The minimum absolute atomic E-state index is 0.0650. The lowest BCUT2D eigenvalue weighted by molar-refractivity contribution is 0.102. The number of aromatic hydroxyl groups is 1. The Bertz CT molecular complexity index is 650. The van der Waals surface area contributed by atoms with E-state index < -0.39 is 5.91 Å². The Morgan fingerprint density at radius 1 is 1.26 bits per heavy atom. The number of phenols is 1. The SMILES string of the molecule is O=C(Nc1cc(Cl)cc(Cl)c1O)c1cncc(Br)c1. The van der Waals surface area contributed by atoms with E-state index in [1.165, 1.54) is 18.3 Å². The second kappa shape index (κ2) is 5.77. The van der Waals surface area contributed by atoms with Crippen LogP contribution in [0.4, 0.5) is 5.69 Å². The van der Waals surface area contributed by atoms with Crippen LogP contribution in [0.5, 0.6) is 5.75 Å². The van der Waals surface area contributed by atoms with Crippen LogP contribution in [0.3, 0.4) is 0 Å². The van der Waals surface area contributed by atoms with Gasteiger partial charge in [0.25, 0.3) is 5.91 Å². The van der Waals surface area contributed by atoms with Gasteiger partial charge in [-0.1, -0.05) is 23.2 Å². The summed E-state index contributed by atoms with van der Waals surface area (Å²) in [5.41, 5.74) is 0.479. The van der Waals surface area contributed by atoms with E-state index in [-0.39, 0.29) is 16.5 Å². The molecule has 1 amide bonds. The number of phenolic OH excluding ortho intramolecular Hbond substituents is 1. The smallest absolute Gasteiger partial charge is 0.257 e. The van der Waals surface area contributed by atoms with Gasteiger partial charge in [0, 0.05) is 21.9 Å². The van der Waals surface area contributed by atoms with Crippen LogP contribution in [0.2, 0.25) is 10.0 Å². The standard InChI is InChI=1S/C12H7BrCl2N2O2/c13-7-1-6(4-16-5-7)12(19)17-10-3-8(14)2-9(15)11(10)18/h1-5,18H,(H,17,19). The summed E-state index contributed by atoms with van der Waals surface area (Å²) in [7, 11) is 0. The molecule has 0 atom stereocenters. The number of halogens is 3. The first kappa shape index (κ1) is 14.1. The monoisotopic (exact) mass is 360 g/mol. The number of nitrogens with one attached hydrogen (secondary N) is 1. The maximum absolute atomic E-state index is 12.0. The molecule has 0 aliphatic heterocycles. The fourth-order valence-electron chi connectivity index (χ4n) is 1.39. The van der Waals surface area contributed by atoms with Gasteiger partial charge in [-0.25, -0.2) is 0 Å². The van der Waals surface area contributed by atoms with E-state index in [0.717, 1.165) is 0 Å². The number of anilines is 1. The predicted octanol–water partition coefficient (Wildman–Crippen LogP) is 4.11. The molecule has 0 spiro atoms. The molecule has 2 rings (SSSR count). The van der Waals surface area contributed by atoms with Crippen molar-refractivity contribution in [2.45, 2.75) is 0 Å². The van der Waals surface area contributed by atoms with Crippen molar-refractivity contribution in [3.63, 3.8) is 0 Å². The van der Waals surface area contributed by atoms with E-state index in [4.69, 9.17) is 23.2 Å². The van der Waals surface area contributed by atoms with Crippen LogP contribution in [0.25, 0.3) is 0 Å². The number of hydrogen-bond acceptors (Lipinski definition) is 3. The number of carbonyl (C=O) groups is 1. The molecule has 0 unspecified atom stereocenters. The van der Waals surface area contributed by atoms with Gasteiger partial charge in [-0.2, -0.15) is 0 Å². The van der Waals surface area contributed by atoms with Crippen molar-refractivity contribution >= 4 is 50.7 Å². The Balaban J connectivity index is 2.29. The van der Waals surface area contributed by atoms with Crippen molar-refractivity contribution in [2.24, 2.45) is 0 Å².